The molecule has 0 aliphatic rings. The number of aliphatic hydroxyl groups excluding tert-OH is 2. The first-order valence-electron chi connectivity index (χ1n) is 4.86. The van der Waals surface area contributed by atoms with Gasteiger partial charge in [-0.1, -0.05) is 15.9 Å². The maximum absolute atomic E-state index is 12.9. The van der Waals surface area contributed by atoms with Gasteiger partial charge in [0.1, 0.15) is 5.82 Å². The van der Waals surface area contributed by atoms with Crippen molar-refractivity contribution in [3.63, 3.8) is 0 Å². The van der Waals surface area contributed by atoms with E-state index in [-0.39, 0.29) is 12.4 Å². The molecule has 1 aromatic rings. The van der Waals surface area contributed by atoms with Crippen LogP contribution in [0.3, 0.4) is 0 Å². The number of aliphatic hydroxyl groups is 2. The third kappa shape index (κ3) is 4.28. The summed E-state index contributed by atoms with van der Waals surface area (Å²) < 4.78 is 13.7. The molecule has 0 heterocycles. The summed E-state index contributed by atoms with van der Waals surface area (Å²) in [5.74, 6) is -0.303. The molecule has 1 atom stereocenters. The van der Waals surface area contributed by atoms with Gasteiger partial charge in [-0.15, -0.1) is 0 Å². The lowest BCUT2D eigenvalue weighted by atomic mass is 10.0. The summed E-state index contributed by atoms with van der Waals surface area (Å²) in [6, 6.07) is 4.41. The van der Waals surface area contributed by atoms with Crippen LogP contribution in [0.25, 0.3) is 0 Å². The first-order valence-corrected chi connectivity index (χ1v) is 5.65. The SMILES string of the molecule is OCCCC(O)Cc1cc(F)ccc1Br. The second kappa shape index (κ2) is 6.20. The van der Waals surface area contributed by atoms with Gasteiger partial charge in [-0.2, -0.15) is 0 Å². The third-order valence-corrected chi connectivity index (χ3v) is 2.93. The van der Waals surface area contributed by atoms with Crippen LogP contribution in [0.2, 0.25) is 0 Å². The first kappa shape index (κ1) is 12.6. The van der Waals surface area contributed by atoms with Crippen LogP contribution in [0.5, 0.6) is 0 Å². The highest BCUT2D eigenvalue weighted by atomic mass is 79.9. The van der Waals surface area contributed by atoms with Crippen molar-refractivity contribution in [2.45, 2.75) is 25.4 Å². The zero-order chi connectivity index (χ0) is 11.3. The van der Waals surface area contributed by atoms with Crippen LogP contribution in [-0.4, -0.2) is 22.9 Å². The van der Waals surface area contributed by atoms with Crippen LogP contribution in [0, 0.1) is 5.82 Å². The molecule has 4 heteroatoms. The fourth-order valence-electron chi connectivity index (χ4n) is 1.38. The molecule has 1 rings (SSSR count). The second-order valence-electron chi connectivity index (χ2n) is 3.46. The predicted octanol–water partition coefficient (Wildman–Crippen LogP) is 2.26. The van der Waals surface area contributed by atoms with Gasteiger partial charge in [0.05, 0.1) is 6.10 Å². The van der Waals surface area contributed by atoms with Crippen molar-refractivity contribution in [1.29, 1.82) is 0 Å². The van der Waals surface area contributed by atoms with E-state index in [0.29, 0.717) is 19.3 Å². The summed E-state index contributed by atoms with van der Waals surface area (Å²) in [6.45, 7) is 0.0708. The molecule has 0 aliphatic carbocycles. The largest absolute Gasteiger partial charge is 0.396 e. The Bertz CT molecular complexity index is 317. The van der Waals surface area contributed by atoms with Crippen molar-refractivity contribution >= 4 is 15.9 Å². The molecule has 1 aromatic carbocycles. The van der Waals surface area contributed by atoms with E-state index in [4.69, 9.17) is 5.11 Å². The third-order valence-electron chi connectivity index (χ3n) is 2.16. The Morgan fingerprint density at radius 2 is 2.13 bits per heavy atom. The van der Waals surface area contributed by atoms with Crippen LogP contribution in [0.4, 0.5) is 4.39 Å². The van der Waals surface area contributed by atoms with Crippen LogP contribution < -0.4 is 0 Å². The minimum absolute atomic E-state index is 0.0708. The van der Waals surface area contributed by atoms with Crippen molar-refractivity contribution in [2.75, 3.05) is 6.61 Å². The molecule has 84 valence electrons. The van der Waals surface area contributed by atoms with Gasteiger partial charge in [0.25, 0.3) is 0 Å². The van der Waals surface area contributed by atoms with E-state index < -0.39 is 6.10 Å². The first-order chi connectivity index (χ1) is 7.13. The van der Waals surface area contributed by atoms with Gasteiger partial charge in [0.15, 0.2) is 0 Å². The number of hydrogen-bond acceptors (Lipinski definition) is 2. The molecular weight excluding hydrogens is 263 g/mol. The molecular formula is C11H14BrFO2. The minimum Gasteiger partial charge on any atom is -0.396 e. The highest BCUT2D eigenvalue weighted by Crippen LogP contribution is 2.20. The zero-order valence-corrected chi connectivity index (χ0v) is 9.87. The van der Waals surface area contributed by atoms with Crippen molar-refractivity contribution in [2.24, 2.45) is 0 Å². The Balaban J connectivity index is 2.59. The number of benzene rings is 1. The number of halogens is 2. The monoisotopic (exact) mass is 276 g/mol. The molecule has 0 saturated carbocycles. The smallest absolute Gasteiger partial charge is 0.123 e. The summed E-state index contributed by atoms with van der Waals surface area (Å²) in [7, 11) is 0. The molecule has 0 spiro atoms. The molecule has 0 fully saturated rings. The quantitative estimate of drug-likeness (QED) is 0.866. The molecule has 2 nitrogen and oxygen atoms in total. The molecule has 0 saturated heterocycles. The van der Waals surface area contributed by atoms with Gasteiger partial charge in [-0.25, -0.2) is 4.39 Å². The molecule has 2 N–H and O–H groups in total. The lowest BCUT2D eigenvalue weighted by Crippen LogP contribution is -2.11. The second-order valence-corrected chi connectivity index (χ2v) is 4.31. The normalized spacial score (nSPS) is 12.8. The Kier molecular flexibility index (Phi) is 5.22. The Morgan fingerprint density at radius 3 is 2.80 bits per heavy atom. The van der Waals surface area contributed by atoms with E-state index in [1.807, 2.05) is 0 Å². The summed E-state index contributed by atoms with van der Waals surface area (Å²) in [5.41, 5.74) is 0.750. The molecule has 0 aromatic heterocycles. The maximum Gasteiger partial charge on any atom is 0.123 e. The Hall–Kier alpha value is -0.450. The van der Waals surface area contributed by atoms with Gasteiger partial charge in [0, 0.05) is 11.1 Å². The fourth-order valence-corrected chi connectivity index (χ4v) is 1.79. The maximum atomic E-state index is 12.9. The van der Waals surface area contributed by atoms with Gasteiger partial charge in [-0.05, 0) is 43.0 Å². The van der Waals surface area contributed by atoms with Crippen LogP contribution in [-0.2, 0) is 6.42 Å². The van der Waals surface area contributed by atoms with E-state index in [9.17, 15) is 9.50 Å². The summed E-state index contributed by atoms with van der Waals surface area (Å²) in [6.07, 6.45) is 0.960. The summed E-state index contributed by atoms with van der Waals surface area (Å²) >= 11 is 3.30. The van der Waals surface area contributed by atoms with E-state index in [0.717, 1.165) is 10.0 Å². The van der Waals surface area contributed by atoms with Crippen molar-refractivity contribution in [3.8, 4) is 0 Å². The Labute approximate surface area is 96.9 Å². The van der Waals surface area contributed by atoms with Gasteiger partial charge in [-0.3, -0.25) is 0 Å². The Morgan fingerprint density at radius 1 is 1.40 bits per heavy atom. The minimum atomic E-state index is -0.532. The van der Waals surface area contributed by atoms with Gasteiger partial charge >= 0.3 is 0 Å². The standard InChI is InChI=1S/C11H14BrFO2/c12-11-4-3-9(13)6-8(11)7-10(15)2-1-5-14/h3-4,6,10,14-15H,1-2,5,7H2. The molecule has 0 amide bonds. The van der Waals surface area contributed by atoms with Crippen molar-refractivity contribution in [3.05, 3.63) is 34.1 Å². The van der Waals surface area contributed by atoms with E-state index in [2.05, 4.69) is 15.9 Å². The van der Waals surface area contributed by atoms with E-state index in [1.54, 1.807) is 6.07 Å². The summed E-state index contributed by atoms with van der Waals surface area (Å²) in [4.78, 5) is 0. The number of hydrogen-bond donors (Lipinski definition) is 2. The fraction of sp³-hybridized carbons (Fsp3) is 0.455. The lowest BCUT2D eigenvalue weighted by molar-refractivity contribution is 0.149. The average molecular weight is 277 g/mol. The molecule has 0 radical (unpaired) electrons. The zero-order valence-electron chi connectivity index (χ0n) is 8.29. The molecule has 0 bridgehead atoms. The van der Waals surface area contributed by atoms with Gasteiger partial charge in [0.2, 0.25) is 0 Å². The molecule has 1 unspecified atom stereocenters. The van der Waals surface area contributed by atoms with Crippen molar-refractivity contribution in [1.82, 2.24) is 0 Å². The lowest BCUT2D eigenvalue weighted by Gasteiger charge is -2.11. The van der Waals surface area contributed by atoms with E-state index >= 15 is 0 Å². The highest BCUT2D eigenvalue weighted by Gasteiger charge is 2.08. The van der Waals surface area contributed by atoms with Gasteiger partial charge < -0.3 is 10.2 Å². The molecule has 0 aliphatic heterocycles. The summed E-state index contributed by atoms with van der Waals surface area (Å²) in [5, 5.41) is 18.2. The highest BCUT2D eigenvalue weighted by molar-refractivity contribution is 9.10. The van der Waals surface area contributed by atoms with Crippen molar-refractivity contribution < 1.29 is 14.6 Å². The average Bonchev–Trinajstić information content (AvgIpc) is 2.20. The van der Waals surface area contributed by atoms with Crippen LogP contribution >= 0.6 is 15.9 Å². The number of rotatable bonds is 5. The van der Waals surface area contributed by atoms with E-state index in [1.165, 1.54) is 12.1 Å². The van der Waals surface area contributed by atoms with Crippen LogP contribution in [0.1, 0.15) is 18.4 Å². The van der Waals surface area contributed by atoms with Crippen LogP contribution in [0.15, 0.2) is 22.7 Å². The predicted molar refractivity (Wildman–Crippen MR) is 60.1 cm³/mol. The topological polar surface area (TPSA) is 40.5 Å². The molecule has 15 heavy (non-hydrogen) atoms.